The van der Waals surface area contributed by atoms with E-state index in [1.165, 1.54) is 0 Å². The van der Waals surface area contributed by atoms with Crippen LogP contribution in [0.4, 0.5) is 4.39 Å². The van der Waals surface area contributed by atoms with Crippen molar-refractivity contribution in [2.45, 2.75) is 30.8 Å². The summed E-state index contributed by atoms with van der Waals surface area (Å²) in [5.41, 5.74) is -0.859. The quantitative estimate of drug-likeness (QED) is 0.616. The Bertz CT molecular complexity index is 472. The fourth-order valence-corrected chi connectivity index (χ4v) is 2.58. The topological polar surface area (TPSA) is 35.5 Å². The molecule has 3 nitrogen and oxygen atoms in total. The third-order valence-corrected chi connectivity index (χ3v) is 3.72. The van der Waals surface area contributed by atoms with E-state index in [1.807, 2.05) is 6.92 Å². The average Bonchev–Trinajstić information content (AvgIpc) is 2.96. The number of carbonyl (C=O) groups excluding carboxylic acids is 1. The first-order valence-electron chi connectivity index (χ1n) is 6.26. The van der Waals surface area contributed by atoms with E-state index < -0.39 is 16.5 Å². The third-order valence-electron chi connectivity index (χ3n) is 3.27. The van der Waals surface area contributed by atoms with Crippen LogP contribution in [-0.2, 0) is 14.9 Å². The van der Waals surface area contributed by atoms with Crippen LogP contribution in [0.25, 0.3) is 0 Å². The molecular formula is C14H16ClFO3. The minimum atomic E-state index is -2.06. The van der Waals surface area contributed by atoms with E-state index in [9.17, 15) is 9.18 Å². The maximum Gasteiger partial charge on any atom is 0.321 e. The summed E-state index contributed by atoms with van der Waals surface area (Å²) in [5, 5.41) is -2.06. The van der Waals surface area contributed by atoms with Crippen molar-refractivity contribution in [2.75, 3.05) is 13.2 Å². The van der Waals surface area contributed by atoms with Gasteiger partial charge in [0.05, 0.1) is 13.2 Å². The van der Waals surface area contributed by atoms with E-state index in [0.29, 0.717) is 17.9 Å². The van der Waals surface area contributed by atoms with Crippen molar-refractivity contribution < 1.29 is 18.7 Å². The lowest BCUT2D eigenvalue weighted by atomic mass is 9.95. The van der Waals surface area contributed by atoms with Crippen molar-refractivity contribution in [3.63, 3.8) is 0 Å². The van der Waals surface area contributed by atoms with E-state index >= 15 is 0 Å². The maximum absolute atomic E-state index is 14.1. The average molecular weight is 287 g/mol. The molecule has 2 atom stereocenters. The summed E-state index contributed by atoms with van der Waals surface area (Å²) < 4.78 is 24.3. The van der Waals surface area contributed by atoms with Crippen molar-refractivity contribution in [3.8, 4) is 5.75 Å². The van der Waals surface area contributed by atoms with Crippen LogP contribution < -0.4 is 4.74 Å². The molecule has 2 rings (SSSR count). The Morgan fingerprint density at radius 3 is 2.32 bits per heavy atom. The highest BCUT2D eigenvalue weighted by Crippen LogP contribution is 2.63. The van der Waals surface area contributed by atoms with Crippen LogP contribution in [0.1, 0.15) is 25.8 Å². The standard InChI is InChI=1S/C14H16ClFO3/c1-3-18-11-7-5-10(6-8-11)13(9-14(13,15)16)12(17)19-4-2/h5-8H,3-4,9H2,1-2H3/t13-,14+/m1/s1. The highest BCUT2D eigenvalue weighted by molar-refractivity contribution is 6.29. The Kier molecular flexibility index (Phi) is 3.72. The van der Waals surface area contributed by atoms with Crippen LogP contribution in [-0.4, -0.2) is 24.3 Å². The first kappa shape index (κ1) is 14.1. The van der Waals surface area contributed by atoms with Crippen LogP contribution in [0.15, 0.2) is 24.3 Å². The SMILES string of the molecule is CCOC(=O)[C@]1(c2ccc(OCC)cc2)C[C@@]1(F)Cl. The van der Waals surface area contributed by atoms with Gasteiger partial charge in [0.1, 0.15) is 11.2 Å². The van der Waals surface area contributed by atoms with Crippen LogP contribution in [0.3, 0.4) is 0 Å². The molecule has 0 aromatic heterocycles. The summed E-state index contributed by atoms with van der Waals surface area (Å²) in [4.78, 5) is 12.0. The van der Waals surface area contributed by atoms with E-state index in [2.05, 4.69) is 0 Å². The van der Waals surface area contributed by atoms with Gasteiger partial charge >= 0.3 is 5.97 Å². The normalized spacial score (nSPS) is 28.8. The Labute approximate surface area is 116 Å². The fraction of sp³-hybridized carbons (Fsp3) is 0.500. The van der Waals surface area contributed by atoms with E-state index in [4.69, 9.17) is 21.1 Å². The lowest BCUT2D eigenvalue weighted by Crippen LogP contribution is -2.29. The lowest BCUT2D eigenvalue weighted by Gasteiger charge is -2.16. The molecule has 104 valence electrons. The molecule has 0 aliphatic heterocycles. The van der Waals surface area contributed by atoms with Gasteiger partial charge in [-0.25, -0.2) is 4.39 Å². The Morgan fingerprint density at radius 2 is 1.89 bits per heavy atom. The summed E-state index contributed by atoms with van der Waals surface area (Å²) in [6, 6.07) is 6.72. The molecule has 0 bridgehead atoms. The molecule has 1 fully saturated rings. The summed E-state index contributed by atoms with van der Waals surface area (Å²) in [6.07, 6.45) is -0.0611. The largest absolute Gasteiger partial charge is 0.494 e. The molecule has 0 radical (unpaired) electrons. The number of hydrogen-bond donors (Lipinski definition) is 0. The molecule has 0 unspecified atom stereocenters. The van der Waals surface area contributed by atoms with E-state index in [1.54, 1.807) is 31.2 Å². The van der Waals surface area contributed by atoms with Gasteiger partial charge in [-0.15, -0.1) is 0 Å². The number of ether oxygens (including phenoxy) is 2. The molecule has 0 saturated heterocycles. The molecule has 0 amide bonds. The zero-order valence-electron chi connectivity index (χ0n) is 10.9. The Hall–Kier alpha value is -1.29. The number of carbonyl (C=O) groups is 1. The van der Waals surface area contributed by atoms with Crippen molar-refractivity contribution in [1.29, 1.82) is 0 Å². The Morgan fingerprint density at radius 1 is 1.32 bits per heavy atom. The lowest BCUT2D eigenvalue weighted by molar-refractivity contribution is -0.147. The van der Waals surface area contributed by atoms with Gasteiger partial charge < -0.3 is 9.47 Å². The predicted molar refractivity (Wildman–Crippen MR) is 70.2 cm³/mol. The Balaban J connectivity index is 2.29. The van der Waals surface area contributed by atoms with Crippen molar-refractivity contribution in [1.82, 2.24) is 0 Å². The van der Waals surface area contributed by atoms with Gasteiger partial charge in [0.15, 0.2) is 0 Å². The molecule has 1 aromatic rings. The van der Waals surface area contributed by atoms with Crippen LogP contribution in [0.5, 0.6) is 5.75 Å². The minimum absolute atomic E-state index is 0.0611. The van der Waals surface area contributed by atoms with E-state index in [0.717, 1.165) is 0 Å². The molecule has 1 saturated carbocycles. The molecule has 1 aliphatic rings. The summed E-state index contributed by atoms with van der Waals surface area (Å²) in [7, 11) is 0. The van der Waals surface area contributed by atoms with Crippen molar-refractivity contribution in [2.24, 2.45) is 0 Å². The van der Waals surface area contributed by atoms with Gasteiger partial charge in [0.25, 0.3) is 0 Å². The number of alkyl halides is 2. The zero-order chi connectivity index (χ0) is 14.1. The molecule has 0 heterocycles. The second-order valence-electron chi connectivity index (χ2n) is 4.46. The van der Waals surface area contributed by atoms with E-state index in [-0.39, 0.29) is 13.0 Å². The highest BCUT2D eigenvalue weighted by Gasteiger charge is 2.75. The molecule has 0 N–H and O–H groups in total. The zero-order valence-corrected chi connectivity index (χ0v) is 11.7. The predicted octanol–water partition coefficient (Wildman–Crippen LogP) is 3.19. The second kappa shape index (κ2) is 5.00. The molecule has 0 spiro atoms. The minimum Gasteiger partial charge on any atom is -0.494 e. The number of rotatable bonds is 5. The first-order valence-corrected chi connectivity index (χ1v) is 6.64. The van der Waals surface area contributed by atoms with Gasteiger partial charge in [-0.1, -0.05) is 23.7 Å². The molecule has 1 aromatic carbocycles. The van der Waals surface area contributed by atoms with Crippen LogP contribution >= 0.6 is 11.6 Å². The summed E-state index contributed by atoms with van der Waals surface area (Å²) >= 11 is 5.73. The van der Waals surface area contributed by atoms with Gasteiger partial charge in [0.2, 0.25) is 5.13 Å². The second-order valence-corrected chi connectivity index (χ2v) is 5.06. The van der Waals surface area contributed by atoms with Gasteiger partial charge in [0, 0.05) is 6.42 Å². The number of benzene rings is 1. The fourth-order valence-electron chi connectivity index (χ4n) is 2.20. The number of esters is 1. The third kappa shape index (κ3) is 2.29. The van der Waals surface area contributed by atoms with Gasteiger partial charge in [-0.05, 0) is 31.5 Å². The summed E-state index contributed by atoms with van der Waals surface area (Å²) in [5.74, 6) is 0.0570. The molecular weight excluding hydrogens is 271 g/mol. The van der Waals surface area contributed by atoms with Gasteiger partial charge in [-0.3, -0.25) is 4.79 Å². The summed E-state index contributed by atoms with van der Waals surface area (Å²) in [6.45, 7) is 4.30. The van der Waals surface area contributed by atoms with Crippen LogP contribution in [0.2, 0.25) is 0 Å². The smallest absolute Gasteiger partial charge is 0.321 e. The highest BCUT2D eigenvalue weighted by atomic mass is 35.5. The van der Waals surface area contributed by atoms with Crippen molar-refractivity contribution >= 4 is 17.6 Å². The maximum atomic E-state index is 14.1. The number of halogens is 2. The molecule has 5 heteroatoms. The molecule has 19 heavy (non-hydrogen) atoms. The monoisotopic (exact) mass is 286 g/mol. The molecule has 1 aliphatic carbocycles. The van der Waals surface area contributed by atoms with Crippen LogP contribution in [0, 0.1) is 0 Å². The van der Waals surface area contributed by atoms with Gasteiger partial charge in [-0.2, -0.15) is 0 Å². The van der Waals surface area contributed by atoms with Crippen molar-refractivity contribution in [3.05, 3.63) is 29.8 Å². The number of hydrogen-bond acceptors (Lipinski definition) is 3. The first-order chi connectivity index (χ1) is 8.98.